The fraction of sp³-hybridized carbons (Fsp3) is 0.143. The quantitative estimate of drug-likeness (QED) is 0.761. The fourth-order valence-corrected chi connectivity index (χ4v) is 2.35. The van der Waals surface area contributed by atoms with Gasteiger partial charge >= 0.3 is 5.97 Å². The van der Waals surface area contributed by atoms with Crippen LogP contribution >= 0.6 is 11.3 Å². The molecule has 1 aromatic carbocycles. The van der Waals surface area contributed by atoms with Gasteiger partial charge in [0.2, 0.25) is 0 Å². The Hall–Kier alpha value is -2.94. The van der Waals surface area contributed by atoms with Gasteiger partial charge in [0, 0.05) is 0 Å². The van der Waals surface area contributed by atoms with Crippen LogP contribution in [0.15, 0.2) is 30.5 Å². The van der Waals surface area contributed by atoms with E-state index in [1.54, 1.807) is 18.2 Å². The molecule has 1 heterocycles. The Morgan fingerprint density at radius 2 is 2.04 bits per heavy atom. The highest BCUT2D eigenvalue weighted by atomic mass is 32.1. The number of methoxy groups -OCH3 is 1. The summed E-state index contributed by atoms with van der Waals surface area (Å²) in [5, 5.41) is 2.79. The van der Waals surface area contributed by atoms with Crippen molar-refractivity contribution in [2.24, 2.45) is 5.73 Å². The number of rotatable bonds is 6. The zero-order chi connectivity index (χ0) is 16.8. The lowest BCUT2D eigenvalue weighted by Crippen LogP contribution is -2.21. The number of thiazole rings is 1. The largest absolute Gasteiger partial charge is 0.483 e. The molecule has 0 spiro atoms. The topological polar surface area (TPSA) is 121 Å². The molecule has 2 aromatic rings. The summed E-state index contributed by atoms with van der Waals surface area (Å²) in [6, 6.07) is 6.37. The summed E-state index contributed by atoms with van der Waals surface area (Å²) in [5.74, 6) is -1.46. The van der Waals surface area contributed by atoms with Gasteiger partial charge in [-0.2, -0.15) is 0 Å². The Balaban J connectivity index is 2.13. The molecule has 0 fully saturated rings. The lowest BCUT2D eigenvalue weighted by molar-refractivity contribution is -0.119. The Bertz CT molecular complexity index is 744. The van der Waals surface area contributed by atoms with E-state index in [4.69, 9.17) is 10.5 Å². The Morgan fingerprint density at radius 3 is 2.74 bits per heavy atom. The standard InChI is InChI=1S/C14H13N3O5S/c1-21-13(20)10-6-16-14(23-10)17-12(19)8-4-2-3-5-9(8)22-7-11(15)18/h2-6H,7H2,1H3,(H2,15,18)(H,16,17,19). The molecule has 3 N–H and O–H groups in total. The number of esters is 1. The zero-order valence-corrected chi connectivity index (χ0v) is 12.9. The number of ether oxygens (including phenoxy) is 2. The van der Waals surface area contributed by atoms with E-state index < -0.39 is 17.8 Å². The molecular formula is C14H13N3O5S. The number of carbonyl (C=O) groups excluding carboxylic acids is 3. The summed E-state index contributed by atoms with van der Waals surface area (Å²) in [4.78, 5) is 38.6. The third-order valence-electron chi connectivity index (χ3n) is 2.61. The smallest absolute Gasteiger partial charge is 0.349 e. The van der Waals surface area contributed by atoms with Crippen molar-refractivity contribution in [2.75, 3.05) is 19.0 Å². The second-order valence-electron chi connectivity index (χ2n) is 4.23. The minimum atomic E-state index is -0.650. The summed E-state index contributed by atoms with van der Waals surface area (Å²) in [6.07, 6.45) is 1.31. The Labute approximate surface area is 135 Å². The average Bonchev–Trinajstić information content (AvgIpc) is 3.00. The van der Waals surface area contributed by atoms with E-state index >= 15 is 0 Å². The van der Waals surface area contributed by atoms with Crippen LogP contribution < -0.4 is 15.8 Å². The lowest BCUT2D eigenvalue weighted by atomic mass is 10.2. The van der Waals surface area contributed by atoms with Crippen molar-refractivity contribution < 1.29 is 23.9 Å². The minimum absolute atomic E-state index is 0.212. The van der Waals surface area contributed by atoms with E-state index in [9.17, 15) is 14.4 Å². The van der Waals surface area contributed by atoms with E-state index in [1.807, 2.05) is 0 Å². The summed E-state index contributed by atoms with van der Waals surface area (Å²) >= 11 is 0.980. The number of aromatic nitrogens is 1. The van der Waals surface area contributed by atoms with Crippen LogP contribution in [0.5, 0.6) is 5.75 Å². The number of benzene rings is 1. The van der Waals surface area contributed by atoms with Gasteiger partial charge in [-0.05, 0) is 12.1 Å². The van der Waals surface area contributed by atoms with Gasteiger partial charge in [0.05, 0.1) is 18.9 Å². The Morgan fingerprint density at radius 1 is 1.30 bits per heavy atom. The van der Waals surface area contributed by atoms with E-state index in [1.165, 1.54) is 19.4 Å². The van der Waals surface area contributed by atoms with Crippen molar-refractivity contribution in [3.05, 3.63) is 40.9 Å². The molecule has 120 valence electrons. The van der Waals surface area contributed by atoms with Crippen molar-refractivity contribution in [1.82, 2.24) is 4.98 Å². The molecule has 0 aliphatic rings. The van der Waals surface area contributed by atoms with Crippen molar-refractivity contribution in [1.29, 1.82) is 0 Å². The molecule has 0 saturated carbocycles. The van der Waals surface area contributed by atoms with E-state index in [-0.39, 0.29) is 27.9 Å². The molecule has 0 aliphatic heterocycles. The fourth-order valence-electron chi connectivity index (χ4n) is 1.62. The zero-order valence-electron chi connectivity index (χ0n) is 12.1. The molecule has 0 aliphatic carbocycles. The summed E-state index contributed by atoms with van der Waals surface area (Å²) < 4.78 is 9.76. The maximum Gasteiger partial charge on any atom is 0.349 e. The number of anilines is 1. The molecule has 0 atom stereocenters. The highest BCUT2D eigenvalue weighted by molar-refractivity contribution is 7.17. The van der Waals surface area contributed by atoms with Crippen LogP contribution in [0.4, 0.5) is 5.13 Å². The Kier molecular flexibility index (Phi) is 5.26. The van der Waals surface area contributed by atoms with Crippen molar-refractivity contribution in [2.45, 2.75) is 0 Å². The van der Waals surface area contributed by atoms with E-state index in [2.05, 4.69) is 15.0 Å². The first-order chi connectivity index (χ1) is 11.0. The number of nitrogens with two attached hydrogens (primary N) is 1. The molecule has 0 unspecified atom stereocenters. The first kappa shape index (κ1) is 16.4. The maximum atomic E-state index is 12.3. The maximum absolute atomic E-state index is 12.3. The number of primary amides is 1. The van der Waals surface area contributed by atoms with Crippen LogP contribution in [0.1, 0.15) is 20.0 Å². The van der Waals surface area contributed by atoms with Gasteiger partial charge in [0.15, 0.2) is 11.7 Å². The van der Waals surface area contributed by atoms with Crippen LogP contribution in [-0.2, 0) is 9.53 Å². The summed E-state index contributed by atoms with van der Waals surface area (Å²) in [5.41, 5.74) is 5.23. The van der Waals surface area contributed by atoms with Crippen LogP contribution in [0.25, 0.3) is 0 Å². The number of hydrogen-bond donors (Lipinski definition) is 2. The van der Waals surface area contributed by atoms with Crippen LogP contribution in [0.3, 0.4) is 0 Å². The number of amides is 2. The molecular weight excluding hydrogens is 322 g/mol. The van der Waals surface area contributed by atoms with Gasteiger partial charge in [0.25, 0.3) is 11.8 Å². The number of nitrogens with zero attached hydrogens (tertiary/aromatic N) is 1. The first-order valence-corrected chi connectivity index (χ1v) is 7.18. The predicted octanol–water partition coefficient (Wildman–Crippen LogP) is 1.05. The van der Waals surface area contributed by atoms with Gasteiger partial charge in [-0.25, -0.2) is 9.78 Å². The first-order valence-electron chi connectivity index (χ1n) is 6.37. The monoisotopic (exact) mass is 335 g/mol. The number of hydrogen-bond acceptors (Lipinski definition) is 7. The number of carbonyl (C=O) groups is 3. The molecule has 0 radical (unpaired) electrons. The highest BCUT2D eigenvalue weighted by Gasteiger charge is 2.16. The van der Waals surface area contributed by atoms with Gasteiger partial charge in [-0.1, -0.05) is 23.5 Å². The molecule has 2 rings (SSSR count). The van der Waals surface area contributed by atoms with Crippen molar-refractivity contribution >= 4 is 34.3 Å². The van der Waals surface area contributed by atoms with E-state index in [0.29, 0.717) is 0 Å². The second kappa shape index (κ2) is 7.36. The van der Waals surface area contributed by atoms with E-state index in [0.717, 1.165) is 11.3 Å². The highest BCUT2D eigenvalue weighted by Crippen LogP contribution is 2.22. The molecule has 9 heteroatoms. The summed E-state index contributed by atoms with van der Waals surface area (Å²) in [6.45, 7) is -0.339. The third kappa shape index (κ3) is 4.27. The van der Waals surface area contributed by atoms with Crippen LogP contribution in [-0.4, -0.2) is 36.5 Å². The average molecular weight is 335 g/mol. The minimum Gasteiger partial charge on any atom is -0.483 e. The molecule has 8 nitrogen and oxygen atoms in total. The van der Waals surface area contributed by atoms with Crippen LogP contribution in [0.2, 0.25) is 0 Å². The molecule has 0 saturated heterocycles. The number of nitrogens with one attached hydrogen (secondary N) is 1. The number of para-hydroxylation sites is 1. The van der Waals surface area contributed by atoms with Gasteiger partial charge in [-0.15, -0.1) is 0 Å². The SMILES string of the molecule is COC(=O)c1cnc(NC(=O)c2ccccc2OCC(N)=O)s1. The normalized spacial score (nSPS) is 9.96. The molecule has 2 amide bonds. The van der Waals surface area contributed by atoms with Gasteiger partial charge in [0.1, 0.15) is 10.6 Å². The van der Waals surface area contributed by atoms with Crippen molar-refractivity contribution in [3.8, 4) is 5.75 Å². The molecule has 1 aromatic heterocycles. The molecule has 23 heavy (non-hydrogen) atoms. The second-order valence-corrected chi connectivity index (χ2v) is 5.26. The predicted molar refractivity (Wildman–Crippen MR) is 82.5 cm³/mol. The third-order valence-corrected chi connectivity index (χ3v) is 3.51. The van der Waals surface area contributed by atoms with Gasteiger partial charge < -0.3 is 15.2 Å². The molecule has 0 bridgehead atoms. The van der Waals surface area contributed by atoms with Gasteiger partial charge in [-0.3, -0.25) is 14.9 Å². The van der Waals surface area contributed by atoms with Crippen LogP contribution in [0, 0.1) is 0 Å². The van der Waals surface area contributed by atoms with Crippen molar-refractivity contribution in [3.63, 3.8) is 0 Å². The lowest BCUT2D eigenvalue weighted by Gasteiger charge is -2.09. The summed E-state index contributed by atoms with van der Waals surface area (Å²) in [7, 11) is 1.26.